The number of carbonyl (C=O) groups is 1. The Labute approximate surface area is 70.6 Å². The van der Waals surface area contributed by atoms with Crippen LogP contribution in [-0.2, 0) is 7.05 Å². The van der Waals surface area contributed by atoms with E-state index >= 15 is 0 Å². The van der Waals surface area contributed by atoms with Gasteiger partial charge < -0.3 is 9.88 Å². The topological polar surface area (TPSA) is 46.9 Å². The predicted molar refractivity (Wildman–Crippen MR) is 43.9 cm³/mol. The molecule has 0 aromatic carbocycles. The van der Waals surface area contributed by atoms with E-state index in [1.807, 2.05) is 7.05 Å². The van der Waals surface area contributed by atoms with Crippen LogP contribution in [-0.4, -0.2) is 28.4 Å². The minimum absolute atomic E-state index is 0.167. The van der Waals surface area contributed by atoms with Crippen molar-refractivity contribution in [2.45, 2.75) is 0 Å². The maximum atomic E-state index is 11.6. The molecule has 2 rings (SSSR count). The Morgan fingerprint density at radius 1 is 1.75 bits per heavy atom. The predicted octanol–water partition coefficient (Wildman–Crippen LogP) is -0.178. The molecule has 0 bridgehead atoms. The lowest BCUT2D eigenvalue weighted by Crippen LogP contribution is -2.46. The summed E-state index contributed by atoms with van der Waals surface area (Å²) in [4.78, 5) is 15.5. The van der Waals surface area contributed by atoms with Gasteiger partial charge in [0, 0.05) is 26.1 Å². The molecule has 0 atom stereocenters. The molecular weight excluding hydrogens is 154 g/mol. The van der Waals surface area contributed by atoms with Gasteiger partial charge in [0.1, 0.15) is 5.69 Å². The third kappa shape index (κ3) is 1.04. The number of hydrogen-bond donors (Lipinski definition) is 1. The normalized spacial score (nSPS) is 17.4. The Bertz CT molecular complexity index is 301. The summed E-state index contributed by atoms with van der Waals surface area (Å²) < 4.78 is 1.76. The number of ketones is 1. The number of aryl methyl sites for hydroxylation is 1. The molecule has 0 unspecified atom stereocenters. The van der Waals surface area contributed by atoms with E-state index < -0.39 is 0 Å². The van der Waals surface area contributed by atoms with E-state index in [0.717, 1.165) is 13.1 Å². The first-order valence-corrected chi connectivity index (χ1v) is 4.00. The third-order valence-electron chi connectivity index (χ3n) is 2.22. The van der Waals surface area contributed by atoms with Crippen LogP contribution in [0.4, 0.5) is 0 Å². The van der Waals surface area contributed by atoms with Gasteiger partial charge in [-0.1, -0.05) is 0 Å². The van der Waals surface area contributed by atoms with Gasteiger partial charge in [0.15, 0.2) is 5.78 Å². The Balaban J connectivity index is 2.19. The van der Waals surface area contributed by atoms with Gasteiger partial charge in [0.25, 0.3) is 0 Å². The van der Waals surface area contributed by atoms with E-state index in [-0.39, 0.29) is 11.7 Å². The third-order valence-corrected chi connectivity index (χ3v) is 2.22. The van der Waals surface area contributed by atoms with Gasteiger partial charge in [-0.2, -0.15) is 0 Å². The fourth-order valence-corrected chi connectivity index (χ4v) is 1.28. The first kappa shape index (κ1) is 7.49. The Morgan fingerprint density at radius 3 is 2.92 bits per heavy atom. The first-order valence-electron chi connectivity index (χ1n) is 4.00. The molecule has 1 fully saturated rings. The SMILES string of the molecule is Cn1cncc1C(=O)C1CNC1. The highest BCUT2D eigenvalue weighted by molar-refractivity contribution is 5.97. The average Bonchev–Trinajstić information content (AvgIpc) is 2.31. The molecule has 0 amide bonds. The summed E-state index contributed by atoms with van der Waals surface area (Å²) in [5, 5.41) is 3.07. The summed E-state index contributed by atoms with van der Waals surface area (Å²) in [5.41, 5.74) is 0.710. The molecule has 2 heterocycles. The van der Waals surface area contributed by atoms with Crippen molar-refractivity contribution in [3.05, 3.63) is 18.2 Å². The highest BCUT2D eigenvalue weighted by Crippen LogP contribution is 2.11. The quantitative estimate of drug-likeness (QED) is 0.618. The van der Waals surface area contributed by atoms with Crippen LogP contribution >= 0.6 is 0 Å². The maximum Gasteiger partial charge on any atom is 0.186 e. The monoisotopic (exact) mass is 165 g/mol. The van der Waals surface area contributed by atoms with Crippen molar-refractivity contribution in [3.8, 4) is 0 Å². The number of Topliss-reactive ketones (excluding diaryl/α,β-unsaturated/α-hetero) is 1. The van der Waals surface area contributed by atoms with Gasteiger partial charge in [-0.3, -0.25) is 4.79 Å². The number of hydrogen-bond acceptors (Lipinski definition) is 3. The smallest absolute Gasteiger partial charge is 0.186 e. The van der Waals surface area contributed by atoms with Crippen molar-refractivity contribution in [2.75, 3.05) is 13.1 Å². The number of aromatic nitrogens is 2. The van der Waals surface area contributed by atoms with Gasteiger partial charge in [0.05, 0.1) is 12.5 Å². The Morgan fingerprint density at radius 2 is 2.50 bits per heavy atom. The molecule has 4 heteroatoms. The molecule has 0 aliphatic carbocycles. The molecule has 1 aliphatic heterocycles. The zero-order valence-corrected chi connectivity index (χ0v) is 6.95. The second-order valence-electron chi connectivity index (χ2n) is 3.11. The maximum absolute atomic E-state index is 11.6. The van der Waals surface area contributed by atoms with E-state index in [1.54, 1.807) is 17.1 Å². The largest absolute Gasteiger partial charge is 0.331 e. The van der Waals surface area contributed by atoms with Crippen molar-refractivity contribution in [2.24, 2.45) is 13.0 Å². The van der Waals surface area contributed by atoms with Crippen LogP contribution in [0.5, 0.6) is 0 Å². The number of rotatable bonds is 2. The van der Waals surface area contributed by atoms with Gasteiger partial charge in [-0.15, -0.1) is 0 Å². The van der Waals surface area contributed by atoms with Crippen molar-refractivity contribution < 1.29 is 4.79 Å². The molecule has 1 N–H and O–H groups in total. The lowest BCUT2D eigenvalue weighted by atomic mass is 9.96. The molecule has 12 heavy (non-hydrogen) atoms. The van der Waals surface area contributed by atoms with E-state index in [1.165, 1.54) is 0 Å². The van der Waals surface area contributed by atoms with E-state index in [9.17, 15) is 4.79 Å². The summed E-state index contributed by atoms with van der Waals surface area (Å²) in [6, 6.07) is 0. The van der Waals surface area contributed by atoms with Crippen molar-refractivity contribution in [1.29, 1.82) is 0 Å². The molecule has 1 aliphatic rings. The lowest BCUT2D eigenvalue weighted by Gasteiger charge is -2.25. The van der Waals surface area contributed by atoms with Crippen molar-refractivity contribution in [1.82, 2.24) is 14.9 Å². The van der Waals surface area contributed by atoms with Gasteiger partial charge in [-0.25, -0.2) is 4.98 Å². The number of imidazole rings is 1. The highest BCUT2D eigenvalue weighted by atomic mass is 16.1. The molecule has 64 valence electrons. The molecule has 1 aromatic heterocycles. The van der Waals surface area contributed by atoms with Gasteiger partial charge >= 0.3 is 0 Å². The first-order chi connectivity index (χ1) is 5.79. The molecule has 0 radical (unpaired) electrons. The van der Waals surface area contributed by atoms with Crippen LogP contribution in [0, 0.1) is 5.92 Å². The van der Waals surface area contributed by atoms with Crippen molar-refractivity contribution >= 4 is 5.78 Å². The molecule has 4 nitrogen and oxygen atoms in total. The van der Waals surface area contributed by atoms with Crippen LogP contribution < -0.4 is 5.32 Å². The number of nitrogens with one attached hydrogen (secondary N) is 1. The minimum Gasteiger partial charge on any atom is -0.331 e. The van der Waals surface area contributed by atoms with Crippen LogP contribution in [0.15, 0.2) is 12.5 Å². The average molecular weight is 165 g/mol. The summed E-state index contributed by atoms with van der Waals surface area (Å²) in [7, 11) is 1.84. The van der Waals surface area contributed by atoms with Crippen LogP contribution in [0.2, 0.25) is 0 Å². The second-order valence-corrected chi connectivity index (χ2v) is 3.11. The second kappa shape index (κ2) is 2.71. The van der Waals surface area contributed by atoms with Crippen LogP contribution in [0.3, 0.4) is 0 Å². The number of carbonyl (C=O) groups excluding carboxylic acids is 1. The van der Waals surface area contributed by atoms with E-state index in [0.29, 0.717) is 5.69 Å². The fraction of sp³-hybridized carbons (Fsp3) is 0.500. The minimum atomic E-state index is 0.167. The van der Waals surface area contributed by atoms with Gasteiger partial charge in [-0.05, 0) is 0 Å². The molecule has 1 saturated heterocycles. The Kier molecular flexibility index (Phi) is 1.69. The molecule has 0 spiro atoms. The summed E-state index contributed by atoms with van der Waals surface area (Å²) in [6.07, 6.45) is 3.28. The zero-order valence-electron chi connectivity index (χ0n) is 6.95. The summed E-state index contributed by atoms with van der Waals surface area (Å²) in [6.45, 7) is 1.62. The number of nitrogens with zero attached hydrogens (tertiary/aromatic N) is 2. The molecular formula is C8H11N3O. The lowest BCUT2D eigenvalue weighted by molar-refractivity contribution is 0.0869. The van der Waals surface area contributed by atoms with E-state index in [4.69, 9.17) is 0 Å². The molecule has 1 aromatic rings. The van der Waals surface area contributed by atoms with Crippen LogP contribution in [0.25, 0.3) is 0 Å². The van der Waals surface area contributed by atoms with Gasteiger partial charge in [0.2, 0.25) is 0 Å². The standard InChI is InChI=1S/C8H11N3O/c1-11-5-10-4-7(11)8(12)6-2-9-3-6/h4-6,9H,2-3H2,1H3. The summed E-state index contributed by atoms with van der Waals surface area (Å²) >= 11 is 0. The summed E-state index contributed by atoms with van der Waals surface area (Å²) in [5.74, 6) is 0.370. The van der Waals surface area contributed by atoms with Crippen molar-refractivity contribution in [3.63, 3.8) is 0 Å². The van der Waals surface area contributed by atoms with Crippen LogP contribution in [0.1, 0.15) is 10.5 Å². The molecule has 0 saturated carbocycles. The highest BCUT2D eigenvalue weighted by Gasteiger charge is 2.27. The Hall–Kier alpha value is -1.16. The van der Waals surface area contributed by atoms with E-state index in [2.05, 4.69) is 10.3 Å². The fourth-order valence-electron chi connectivity index (χ4n) is 1.28. The zero-order chi connectivity index (χ0) is 8.55.